The predicted octanol–water partition coefficient (Wildman–Crippen LogP) is 4.20. The number of nitrogens with zero attached hydrogens (tertiary/aromatic N) is 3. The summed E-state index contributed by atoms with van der Waals surface area (Å²) in [6.07, 6.45) is 0. The number of hydrogen-bond acceptors (Lipinski definition) is 0. The van der Waals surface area contributed by atoms with Crippen molar-refractivity contribution >= 4 is 0 Å². The molecule has 0 spiro atoms. The Morgan fingerprint density at radius 1 is 0.438 bits per heavy atom. The van der Waals surface area contributed by atoms with Crippen molar-refractivity contribution in [1.82, 2.24) is 0 Å². The van der Waals surface area contributed by atoms with E-state index in [1.54, 1.807) is 0 Å². The van der Waals surface area contributed by atoms with Crippen molar-refractivity contribution in [2.45, 2.75) is 41.5 Å². The van der Waals surface area contributed by atoms with Gasteiger partial charge in [0.1, 0.15) is 0 Å². The summed E-state index contributed by atoms with van der Waals surface area (Å²) >= 11 is 0. The molecule has 101 valence electrons. The predicted molar refractivity (Wildman–Crippen MR) is 73.3 cm³/mol. The van der Waals surface area contributed by atoms with Gasteiger partial charge in [-0.3, -0.25) is 0 Å². The first kappa shape index (κ1) is 25.5. The Bertz CT molecular complexity index is 53.0. The maximum atomic E-state index is 3.97. The molecule has 0 unspecified atom stereocenters. The van der Waals surface area contributed by atoms with E-state index in [1.165, 1.54) is 0 Å². The molecule has 4 heteroatoms. The normalized spacial score (nSPS) is 7.88. The van der Waals surface area contributed by atoms with Gasteiger partial charge in [-0.15, -0.1) is 0 Å². The Kier molecular flexibility index (Phi) is 57.4. The zero-order valence-electron chi connectivity index (χ0n) is 12.0. The maximum Gasteiger partial charge on any atom is 0 e. The Hall–Kier alpha value is 0.620. The van der Waals surface area contributed by atoms with Crippen LogP contribution in [0.15, 0.2) is 0 Å². The zero-order valence-corrected chi connectivity index (χ0v) is 15.2. The molecule has 0 aliphatic carbocycles. The molecule has 0 aliphatic rings. The van der Waals surface area contributed by atoms with Crippen molar-refractivity contribution in [3.8, 4) is 0 Å². The summed E-state index contributed by atoms with van der Waals surface area (Å²) < 4.78 is 0. The van der Waals surface area contributed by atoms with E-state index >= 15 is 0 Å². The van der Waals surface area contributed by atoms with Gasteiger partial charge in [0.15, 0.2) is 0 Å². The van der Waals surface area contributed by atoms with Gasteiger partial charge in [-0.2, -0.15) is 39.3 Å². The van der Waals surface area contributed by atoms with Crippen LogP contribution in [0.2, 0.25) is 0 Å². The molecule has 16 heavy (non-hydrogen) atoms. The SMILES string of the molecule is CC[N-]CC.CC[N-]CC.CC[N-]CC.[Ta]. The summed E-state index contributed by atoms with van der Waals surface area (Å²) in [7, 11) is 0. The molecule has 0 rings (SSSR count). The van der Waals surface area contributed by atoms with Crippen LogP contribution in [0.25, 0.3) is 16.0 Å². The van der Waals surface area contributed by atoms with Gasteiger partial charge >= 0.3 is 0 Å². The molecule has 0 aromatic heterocycles. The molecule has 0 atom stereocenters. The number of hydrogen-bond donors (Lipinski definition) is 0. The van der Waals surface area contributed by atoms with Crippen molar-refractivity contribution in [3.63, 3.8) is 0 Å². The second kappa shape index (κ2) is 36.1. The summed E-state index contributed by atoms with van der Waals surface area (Å²) in [4.78, 5) is 0. The Balaban J connectivity index is -0.0000000655. The third-order valence-electron chi connectivity index (χ3n) is 1.34. The molecular formula is C12H30N3Ta-3. The van der Waals surface area contributed by atoms with Crippen molar-refractivity contribution in [3.05, 3.63) is 16.0 Å². The standard InChI is InChI=1S/3C4H10N.Ta/c3*1-3-5-4-2;/h3*3-4H2,1-2H3;/q3*-1;. The van der Waals surface area contributed by atoms with E-state index < -0.39 is 0 Å². The maximum absolute atomic E-state index is 3.97. The average molecular weight is 397 g/mol. The minimum Gasteiger partial charge on any atom is -0.663 e. The van der Waals surface area contributed by atoms with Crippen LogP contribution in [0, 0.1) is 0 Å². The minimum atomic E-state index is 0. The van der Waals surface area contributed by atoms with Crippen molar-refractivity contribution < 1.29 is 22.4 Å². The summed E-state index contributed by atoms with van der Waals surface area (Å²) in [5, 5.41) is 11.9. The van der Waals surface area contributed by atoms with E-state index in [4.69, 9.17) is 0 Å². The average Bonchev–Trinajstić information content (AvgIpc) is 2.23. The molecule has 0 amide bonds. The van der Waals surface area contributed by atoms with Gasteiger partial charge in [-0.1, -0.05) is 41.5 Å². The van der Waals surface area contributed by atoms with Crippen LogP contribution < -0.4 is 0 Å². The first-order valence-corrected chi connectivity index (χ1v) is 6.14. The summed E-state index contributed by atoms with van der Waals surface area (Å²) in [5.74, 6) is 0. The summed E-state index contributed by atoms with van der Waals surface area (Å²) in [6, 6.07) is 0. The van der Waals surface area contributed by atoms with Gasteiger partial charge in [0.2, 0.25) is 0 Å². The van der Waals surface area contributed by atoms with Crippen LogP contribution in [0.4, 0.5) is 0 Å². The van der Waals surface area contributed by atoms with Crippen LogP contribution in [-0.4, -0.2) is 39.3 Å². The van der Waals surface area contributed by atoms with Crippen LogP contribution in [0.3, 0.4) is 0 Å². The molecule has 0 N–H and O–H groups in total. The van der Waals surface area contributed by atoms with Crippen molar-refractivity contribution in [2.75, 3.05) is 39.3 Å². The topological polar surface area (TPSA) is 42.3 Å². The Morgan fingerprint density at radius 2 is 0.562 bits per heavy atom. The van der Waals surface area contributed by atoms with Gasteiger partial charge < -0.3 is 16.0 Å². The molecule has 0 saturated carbocycles. The molecule has 0 fully saturated rings. The van der Waals surface area contributed by atoms with Crippen LogP contribution in [0.1, 0.15) is 41.5 Å². The van der Waals surface area contributed by atoms with Gasteiger partial charge in [0.05, 0.1) is 0 Å². The largest absolute Gasteiger partial charge is 0.663 e. The fourth-order valence-corrected chi connectivity index (χ4v) is 0.671. The van der Waals surface area contributed by atoms with E-state index in [0.29, 0.717) is 0 Å². The Morgan fingerprint density at radius 3 is 0.562 bits per heavy atom. The van der Waals surface area contributed by atoms with E-state index in [1.807, 2.05) is 41.5 Å². The van der Waals surface area contributed by atoms with E-state index in [9.17, 15) is 0 Å². The first-order chi connectivity index (χ1) is 7.24. The van der Waals surface area contributed by atoms with Crippen LogP contribution in [-0.2, 0) is 22.4 Å². The summed E-state index contributed by atoms with van der Waals surface area (Å²) in [6.45, 7) is 18.1. The van der Waals surface area contributed by atoms with Gasteiger partial charge in [0.25, 0.3) is 0 Å². The fraction of sp³-hybridized carbons (Fsp3) is 1.00. The molecule has 0 saturated heterocycles. The van der Waals surface area contributed by atoms with Gasteiger partial charge in [0, 0.05) is 22.4 Å². The fourth-order valence-electron chi connectivity index (χ4n) is 0.671. The molecule has 0 aliphatic heterocycles. The first-order valence-electron chi connectivity index (χ1n) is 6.14. The van der Waals surface area contributed by atoms with E-state index in [2.05, 4.69) is 16.0 Å². The zero-order chi connectivity index (χ0) is 12.4. The molecule has 0 bridgehead atoms. The van der Waals surface area contributed by atoms with E-state index in [0.717, 1.165) is 39.3 Å². The monoisotopic (exact) mass is 397 g/mol. The van der Waals surface area contributed by atoms with Gasteiger partial charge in [-0.25, -0.2) is 0 Å². The summed E-state index contributed by atoms with van der Waals surface area (Å²) in [5.41, 5.74) is 0. The quantitative estimate of drug-likeness (QED) is 0.645. The van der Waals surface area contributed by atoms with Gasteiger partial charge in [-0.05, 0) is 0 Å². The minimum absolute atomic E-state index is 0. The second-order valence-corrected chi connectivity index (χ2v) is 2.57. The number of rotatable bonds is 6. The molecular weight excluding hydrogens is 367 g/mol. The van der Waals surface area contributed by atoms with Crippen molar-refractivity contribution in [2.24, 2.45) is 0 Å². The van der Waals surface area contributed by atoms with Crippen molar-refractivity contribution in [1.29, 1.82) is 0 Å². The smallest absolute Gasteiger partial charge is 0 e. The van der Waals surface area contributed by atoms with Crippen LogP contribution in [0.5, 0.6) is 0 Å². The molecule has 1 radical (unpaired) electrons. The molecule has 0 aromatic carbocycles. The van der Waals surface area contributed by atoms with E-state index in [-0.39, 0.29) is 22.4 Å². The molecule has 0 aromatic rings. The third-order valence-corrected chi connectivity index (χ3v) is 1.34. The molecule has 0 heterocycles. The third kappa shape index (κ3) is 61.9. The molecule has 3 nitrogen and oxygen atoms in total. The Labute approximate surface area is 119 Å². The second-order valence-electron chi connectivity index (χ2n) is 2.57. The van der Waals surface area contributed by atoms with Crippen LogP contribution >= 0.6 is 0 Å².